The highest BCUT2D eigenvalue weighted by Gasteiger charge is 2.30. The molecule has 1 saturated heterocycles. The van der Waals surface area contributed by atoms with Crippen LogP contribution in [-0.2, 0) is 24.3 Å². The minimum atomic E-state index is -0.524. The third-order valence-corrected chi connectivity index (χ3v) is 6.46. The number of piperazine rings is 1. The lowest BCUT2D eigenvalue weighted by Gasteiger charge is -2.28. The molecule has 2 aromatic carbocycles. The summed E-state index contributed by atoms with van der Waals surface area (Å²) in [4.78, 5) is 41.2. The number of carbonyl (C=O) groups excluding carboxylic acids is 3. The second-order valence-corrected chi connectivity index (χ2v) is 8.72. The molecule has 0 radical (unpaired) electrons. The zero-order chi connectivity index (χ0) is 24.4. The topological polar surface area (TPSA) is 122 Å². The van der Waals surface area contributed by atoms with Crippen molar-refractivity contribution in [2.75, 3.05) is 31.6 Å². The number of fused-ring (bicyclic) bond motifs is 1. The summed E-state index contributed by atoms with van der Waals surface area (Å²) < 4.78 is 0. The van der Waals surface area contributed by atoms with Crippen molar-refractivity contribution >= 4 is 23.4 Å². The summed E-state index contributed by atoms with van der Waals surface area (Å²) in [5.74, 6) is -1.52. The Morgan fingerprint density at radius 1 is 1.06 bits per heavy atom. The van der Waals surface area contributed by atoms with E-state index in [-0.39, 0.29) is 34.1 Å². The van der Waals surface area contributed by atoms with Gasteiger partial charge in [-0.05, 0) is 42.2 Å². The highest BCUT2D eigenvalue weighted by atomic mass is 16.3. The molecule has 0 spiro atoms. The monoisotopic (exact) mass is 466 g/mol. The van der Waals surface area contributed by atoms with Gasteiger partial charge < -0.3 is 30.6 Å². The van der Waals surface area contributed by atoms with Crippen LogP contribution < -0.4 is 15.5 Å². The van der Waals surface area contributed by atoms with Gasteiger partial charge >= 0.3 is 0 Å². The highest BCUT2D eigenvalue weighted by Crippen LogP contribution is 2.37. The Kier molecular flexibility index (Phi) is 6.63. The van der Waals surface area contributed by atoms with Crippen molar-refractivity contribution in [2.45, 2.75) is 39.3 Å². The lowest BCUT2D eigenvalue weighted by atomic mass is 9.97. The van der Waals surface area contributed by atoms with Crippen LogP contribution >= 0.6 is 0 Å². The van der Waals surface area contributed by atoms with Gasteiger partial charge in [-0.15, -0.1) is 0 Å². The molecule has 4 N–H and O–H groups in total. The van der Waals surface area contributed by atoms with Crippen molar-refractivity contribution in [1.29, 1.82) is 0 Å². The van der Waals surface area contributed by atoms with Gasteiger partial charge in [0.2, 0.25) is 5.91 Å². The summed E-state index contributed by atoms with van der Waals surface area (Å²) in [6, 6.07) is 7.18. The molecule has 0 unspecified atom stereocenters. The number of nitrogens with zero attached hydrogens (tertiary/aromatic N) is 2. The second-order valence-electron chi connectivity index (χ2n) is 8.72. The Morgan fingerprint density at radius 3 is 2.50 bits per heavy atom. The number of carbonyl (C=O) groups is 3. The van der Waals surface area contributed by atoms with E-state index in [2.05, 4.69) is 10.6 Å². The first-order chi connectivity index (χ1) is 16.3. The maximum atomic E-state index is 13.5. The molecule has 34 heavy (non-hydrogen) atoms. The number of unbranched alkanes of at least 4 members (excludes halogenated alkanes) is 1. The third kappa shape index (κ3) is 4.37. The quantitative estimate of drug-likeness (QED) is 0.516. The molecule has 1 fully saturated rings. The molecule has 0 aromatic heterocycles. The summed E-state index contributed by atoms with van der Waals surface area (Å²) in [6.07, 6.45) is 1.87. The van der Waals surface area contributed by atoms with Crippen molar-refractivity contribution in [1.82, 2.24) is 15.5 Å². The largest absolute Gasteiger partial charge is 0.507 e. The number of rotatable bonds is 6. The normalized spacial score (nSPS) is 15.2. The van der Waals surface area contributed by atoms with Gasteiger partial charge in [-0.3, -0.25) is 14.4 Å². The molecule has 3 amide bonds. The summed E-state index contributed by atoms with van der Waals surface area (Å²) >= 11 is 0. The van der Waals surface area contributed by atoms with Gasteiger partial charge in [0.25, 0.3) is 11.8 Å². The van der Waals surface area contributed by atoms with Crippen LogP contribution in [0.4, 0.5) is 5.69 Å². The maximum Gasteiger partial charge on any atom is 0.258 e. The molecule has 0 aliphatic carbocycles. The maximum absolute atomic E-state index is 13.5. The Morgan fingerprint density at radius 2 is 1.79 bits per heavy atom. The number of amides is 3. The van der Waals surface area contributed by atoms with Crippen molar-refractivity contribution in [2.24, 2.45) is 0 Å². The molecule has 2 aromatic rings. The molecule has 180 valence electrons. The summed E-state index contributed by atoms with van der Waals surface area (Å²) in [6.45, 7) is 4.31. The van der Waals surface area contributed by atoms with Gasteiger partial charge in [0, 0.05) is 44.5 Å². The number of benzene rings is 2. The first-order valence-electron chi connectivity index (χ1n) is 11.6. The number of hydrogen-bond acceptors (Lipinski definition) is 6. The van der Waals surface area contributed by atoms with Crippen LogP contribution in [0.1, 0.15) is 57.2 Å². The van der Waals surface area contributed by atoms with E-state index in [0.717, 1.165) is 29.8 Å². The average Bonchev–Trinajstić information content (AvgIpc) is 3.27. The van der Waals surface area contributed by atoms with Crippen LogP contribution in [0.25, 0.3) is 0 Å². The standard InChI is InChI=1S/C25H30N4O5/c1-3-4-5-18-22(31)19(24(33)26-2)11-20(23(18)32)25(34)29-12-15-6-7-17(10-16(15)13-29)28-9-8-27-21(30)14-28/h6-7,10-11,31-32H,3-5,8-9,12-14H2,1-2H3,(H,26,33)(H,27,30). The minimum absolute atomic E-state index is 0.00299. The Labute approximate surface area is 198 Å². The van der Waals surface area contributed by atoms with Gasteiger partial charge in [0.1, 0.15) is 11.5 Å². The number of aromatic hydroxyl groups is 2. The molecule has 9 heteroatoms. The first-order valence-corrected chi connectivity index (χ1v) is 11.6. The smallest absolute Gasteiger partial charge is 0.258 e. The fraction of sp³-hybridized carbons (Fsp3) is 0.400. The number of phenolic OH excluding ortho intramolecular Hbond substituents is 2. The fourth-order valence-electron chi connectivity index (χ4n) is 4.53. The lowest BCUT2D eigenvalue weighted by molar-refractivity contribution is -0.120. The predicted octanol–water partition coefficient (Wildman–Crippen LogP) is 1.89. The Balaban J connectivity index is 1.62. The van der Waals surface area contributed by atoms with E-state index in [0.29, 0.717) is 39.0 Å². The molecule has 4 rings (SSSR count). The zero-order valence-corrected chi connectivity index (χ0v) is 19.5. The number of hydrogen-bond donors (Lipinski definition) is 4. The van der Waals surface area contributed by atoms with E-state index in [4.69, 9.17) is 0 Å². The van der Waals surface area contributed by atoms with Crippen molar-refractivity contribution in [3.8, 4) is 11.5 Å². The van der Waals surface area contributed by atoms with Crippen LogP contribution in [0.15, 0.2) is 24.3 Å². The summed E-state index contributed by atoms with van der Waals surface area (Å²) in [5, 5.41) is 26.8. The Bertz CT molecular complexity index is 1150. The molecule has 0 saturated carbocycles. The number of phenols is 2. The molecule has 2 heterocycles. The van der Waals surface area contributed by atoms with Gasteiger partial charge in [-0.25, -0.2) is 0 Å². The van der Waals surface area contributed by atoms with E-state index in [1.807, 2.05) is 30.0 Å². The number of anilines is 1. The minimum Gasteiger partial charge on any atom is -0.507 e. The third-order valence-electron chi connectivity index (χ3n) is 6.46. The van der Waals surface area contributed by atoms with Crippen LogP contribution in [-0.4, -0.2) is 59.5 Å². The SMILES string of the molecule is CCCCc1c(O)c(C(=O)NC)cc(C(=O)N2Cc3ccc(N4CCNC(=O)C4)cc3C2)c1O. The Hall–Kier alpha value is -3.75. The van der Waals surface area contributed by atoms with E-state index in [1.165, 1.54) is 13.1 Å². The van der Waals surface area contributed by atoms with Gasteiger partial charge in [-0.1, -0.05) is 19.4 Å². The predicted molar refractivity (Wildman–Crippen MR) is 127 cm³/mol. The summed E-state index contributed by atoms with van der Waals surface area (Å²) in [5.41, 5.74) is 3.09. The van der Waals surface area contributed by atoms with Crippen LogP contribution in [0.5, 0.6) is 11.5 Å². The van der Waals surface area contributed by atoms with E-state index in [1.54, 1.807) is 4.90 Å². The van der Waals surface area contributed by atoms with Gasteiger partial charge in [-0.2, -0.15) is 0 Å². The van der Waals surface area contributed by atoms with Crippen molar-refractivity contribution in [3.05, 3.63) is 52.1 Å². The molecule has 0 bridgehead atoms. The fourth-order valence-corrected chi connectivity index (χ4v) is 4.53. The molecular formula is C25H30N4O5. The second kappa shape index (κ2) is 9.62. The lowest BCUT2D eigenvalue weighted by Crippen LogP contribution is -2.47. The van der Waals surface area contributed by atoms with Crippen molar-refractivity contribution < 1.29 is 24.6 Å². The van der Waals surface area contributed by atoms with Crippen molar-refractivity contribution in [3.63, 3.8) is 0 Å². The van der Waals surface area contributed by atoms with Gasteiger partial charge in [0.05, 0.1) is 17.7 Å². The van der Waals surface area contributed by atoms with E-state index >= 15 is 0 Å². The first kappa shape index (κ1) is 23.4. The van der Waals surface area contributed by atoms with E-state index in [9.17, 15) is 24.6 Å². The summed E-state index contributed by atoms with van der Waals surface area (Å²) in [7, 11) is 1.45. The zero-order valence-electron chi connectivity index (χ0n) is 19.5. The van der Waals surface area contributed by atoms with Crippen LogP contribution in [0.3, 0.4) is 0 Å². The molecule has 9 nitrogen and oxygen atoms in total. The van der Waals surface area contributed by atoms with E-state index < -0.39 is 11.8 Å². The van der Waals surface area contributed by atoms with Gasteiger partial charge in [0.15, 0.2) is 0 Å². The molecule has 0 atom stereocenters. The van der Waals surface area contributed by atoms with Crippen LogP contribution in [0, 0.1) is 0 Å². The average molecular weight is 467 g/mol. The van der Waals surface area contributed by atoms with Crippen LogP contribution in [0.2, 0.25) is 0 Å². The highest BCUT2D eigenvalue weighted by molar-refractivity contribution is 6.04. The molecular weight excluding hydrogens is 436 g/mol. The molecule has 2 aliphatic heterocycles. The molecule has 2 aliphatic rings. The number of nitrogens with one attached hydrogen (secondary N) is 2.